The maximum Gasteiger partial charge on any atom is 0.347 e. The van der Waals surface area contributed by atoms with Crippen molar-refractivity contribution < 1.29 is 47.7 Å². The van der Waals surface area contributed by atoms with Crippen molar-refractivity contribution in [3.8, 4) is 0 Å². The van der Waals surface area contributed by atoms with E-state index in [9.17, 15) is 24.0 Å². The van der Waals surface area contributed by atoms with Crippen LogP contribution in [0.4, 0.5) is 0 Å². The molecule has 6 aliphatic carbocycles. The first-order valence-electron chi connectivity index (χ1n) is 17.6. The van der Waals surface area contributed by atoms with E-state index in [1.807, 2.05) is 41.5 Å². The Morgan fingerprint density at radius 1 is 0.848 bits per heavy atom. The molecule has 10 nitrogen and oxygen atoms in total. The van der Waals surface area contributed by atoms with Crippen LogP contribution in [0.3, 0.4) is 0 Å². The standard InChI is InChI=1S/C21H30O6.C15H22O4/c1-4-19(2,3)17(23)27-21-10-13-7-14(11-21)9-20(8-13,12-21)18(24)26-15-5-6-25-16(15)22;1-5-15(3,4)14(17)19-11-8-6-9-10(7(8)2)13(16)18-12(9)11/h13-15H,4-12H2,1-3H3;7-12H,5-6H2,1-4H3. The van der Waals surface area contributed by atoms with Crippen molar-refractivity contribution in [1.29, 1.82) is 0 Å². The van der Waals surface area contributed by atoms with Crippen LogP contribution in [-0.2, 0) is 47.7 Å². The highest BCUT2D eigenvalue weighted by molar-refractivity contribution is 5.84. The molecular weight excluding hydrogens is 592 g/mol. The number of hydrogen-bond donors (Lipinski definition) is 0. The molecule has 2 heterocycles. The number of cyclic esters (lactones) is 1. The van der Waals surface area contributed by atoms with Crippen molar-refractivity contribution in [2.75, 3.05) is 6.61 Å². The molecule has 6 bridgehead atoms. The van der Waals surface area contributed by atoms with Crippen molar-refractivity contribution in [2.24, 2.45) is 51.8 Å². The van der Waals surface area contributed by atoms with Gasteiger partial charge in [0, 0.05) is 24.7 Å². The Hall–Kier alpha value is -2.65. The first kappa shape index (κ1) is 33.3. The second-order valence-electron chi connectivity index (χ2n) is 16.9. The van der Waals surface area contributed by atoms with Gasteiger partial charge in [0.15, 0.2) is 0 Å². The summed E-state index contributed by atoms with van der Waals surface area (Å²) >= 11 is 0. The predicted molar refractivity (Wildman–Crippen MR) is 164 cm³/mol. The molecule has 0 aromatic heterocycles. The summed E-state index contributed by atoms with van der Waals surface area (Å²) in [6.07, 6.45) is 6.54. The Morgan fingerprint density at radius 3 is 2.07 bits per heavy atom. The molecule has 256 valence electrons. The summed E-state index contributed by atoms with van der Waals surface area (Å²) in [6, 6.07) is 0. The number of carbonyl (C=O) groups excluding carboxylic acids is 5. The van der Waals surface area contributed by atoms with Crippen molar-refractivity contribution in [3.05, 3.63) is 0 Å². The quantitative estimate of drug-likeness (QED) is 0.253. The highest BCUT2D eigenvalue weighted by Crippen LogP contribution is 2.64. The van der Waals surface area contributed by atoms with Crippen LogP contribution in [-0.4, -0.2) is 60.4 Å². The predicted octanol–water partition coefficient (Wildman–Crippen LogP) is 5.33. The van der Waals surface area contributed by atoms with Crippen LogP contribution in [0.5, 0.6) is 0 Å². The molecule has 8 rings (SSSR count). The smallest absolute Gasteiger partial charge is 0.347 e. The van der Waals surface area contributed by atoms with Gasteiger partial charge in [0.25, 0.3) is 0 Å². The topological polar surface area (TPSA) is 132 Å². The molecule has 10 heteroatoms. The minimum absolute atomic E-state index is 0.0455. The molecule has 0 aromatic rings. The van der Waals surface area contributed by atoms with Crippen molar-refractivity contribution in [2.45, 2.75) is 137 Å². The molecular formula is C36H52O10. The number of ether oxygens (including phenoxy) is 5. The van der Waals surface area contributed by atoms with Crippen molar-refractivity contribution in [1.82, 2.24) is 0 Å². The van der Waals surface area contributed by atoms with Crippen molar-refractivity contribution in [3.63, 3.8) is 0 Å². The van der Waals surface area contributed by atoms with E-state index >= 15 is 0 Å². The van der Waals surface area contributed by atoms with Crippen LogP contribution in [0.15, 0.2) is 0 Å². The fourth-order valence-electron chi connectivity index (χ4n) is 9.78. The molecule has 2 saturated heterocycles. The van der Waals surface area contributed by atoms with Crippen LogP contribution in [0.2, 0.25) is 0 Å². The van der Waals surface area contributed by atoms with Gasteiger partial charge in [0.1, 0.15) is 17.8 Å². The molecule has 8 aliphatic rings. The fraction of sp³-hybridized carbons (Fsp3) is 0.861. The second kappa shape index (κ2) is 11.5. The van der Waals surface area contributed by atoms with Gasteiger partial charge in [0.05, 0.1) is 28.8 Å². The molecule has 8 fully saturated rings. The van der Waals surface area contributed by atoms with E-state index in [1.54, 1.807) is 0 Å². The lowest BCUT2D eigenvalue weighted by atomic mass is 9.48. The third kappa shape index (κ3) is 5.53. The third-order valence-corrected chi connectivity index (χ3v) is 12.9. The minimum atomic E-state index is -0.775. The molecule has 0 aromatic carbocycles. The second-order valence-corrected chi connectivity index (χ2v) is 16.9. The number of hydrogen-bond acceptors (Lipinski definition) is 10. The van der Waals surface area contributed by atoms with Gasteiger partial charge in [-0.05, 0) is 96.8 Å². The Bertz CT molecular complexity index is 1270. The minimum Gasteiger partial charge on any atom is -0.463 e. The summed E-state index contributed by atoms with van der Waals surface area (Å²) in [5.41, 5.74) is -2.16. The summed E-state index contributed by atoms with van der Waals surface area (Å²) in [5.74, 6) is 0.488. The summed E-state index contributed by atoms with van der Waals surface area (Å²) in [6.45, 7) is 14.0. The molecule has 46 heavy (non-hydrogen) atoms. The zero-order valence-electron chi connectivity index (χ0n) is 28.6. The molecule has 0 spiro atoms. The van der Waals surface area contributed by atoms with Gasteiger partial charge in [-0.15, -0.1) is 0 Å². The van der Waals surface area contributed by atoms with E-state index in [2.05, 4.69) is 6.92 Å². The molecule has 9 atom stereocenters. The fourth-order valence-corrected chi connectivity index (χ4v) is 9.78. The Morgan fingerprint density at radius 2 is 1.48 bits per heavy atom. The number of carbonyl (C=O) groups is 5. The van der Waals surface area contributed by atoms with E-state index in [0.29, 0.717) is 43.6 Å². The van der Waals surface area contributed by atoms with Crippen LogP contribution >= 0.6 is 0 Å². The summed E-state index contributed by atoms with van der Waals surface area (Å²) in [4.78, 5) is 61.7. The number of rotatable bonds is 8. The van der Waals surface area contributed by atoms with Crippen LogP contribution in [0.1, 0.15) is 113 Å². The van der Waals surface area contributed by atoms with Gasteiger partial charge < -0.3 is 23.7 Å². The number of fused-ring (bicyclic) bond motifs is 1. The molecule has 0 N–H and O–H groups in total. The lowest BCUT2D eigenvalue weighted by molar-refractivity contribution is -0.219. The lowest BCUT2D eigenvalue weighted by Gasteiger charge is -2.60. The summed E-state index contributed by atoms with van der Waals surface area (Å²) in [7, 11) is 0. The van der Waals surface area contributed by atoms with E-state index in [-0.39, 0.29) is 53.8 Å². The molecule has 0 radical (unpaired) electrons. The molecule has 2 aliphatic heterocycles. The van der Waals surface area contributed by atoms with Crippen LogP contribution < -0.4 is 0 Å². The van der Waals surface area contributed by atoms with E-state index in [4.69, 9.17) is 23.7 Å². The van der Waals surface area contributed by atoms with Gasteiger partial charge in [0.2, 0.25) is 6.10 Å². The Kier molecular flexibility index (Phi) is 8.31. The highest BCUT2D eigenvalue weighted by atomic mass is 16.6. The first-order chi connectivity index (χ1) is 21.5. The lowest BCUT2D eigenvalue weighted by Crippen LogP contribution is -2.60. The van der Waals surface area contributed by atoms with E-state index < -0.39 is 33.9 Å². The number of esters is 5. The van der Waals surface area contributed by atoms with Gasteiger partial charge in [-0.1, -0.05) is 20.8 Å². The molecule has 9 unspecified atom stereocenters. The van der Waals surface area contributed by atoms with Gasteiger partial charge >= 0.3 is 29.8 Å². The zero-order chi connectivity index (χ0) is 33.4. The normalized spacial score (nSPS) is 41.4. The average molecular weight is 645 g/mol. The summed E-state index contributed by atoms with van der Waals surface area (Å²) in [5, 5.41) is 0. The van der Waals surface area contributed by atoms with E-state index in [1.165, 1.54) is 0 Å². The van der Waals surface area contributed by atoms with Gasteiger partial charge in [-0.2, -0.15) is 0 Å². The van der Waals surface area contributed by atoms with Crippen LogP contribution in [0, 0.1) is 51.8 Å². The van der Waals surface area contributed by atoms with Gasteiger partial charge in [-0.25, -0.2) is 4.79 Å². The Balaban J connectivity index is 0.000000172. The highest BCUT2D eigenvalue weighted by Gasteiger charge is 2.67. The third-order valence-electron chi connectivity index (χ3n) is 12.9. The van der Waals surface area contributed by atoms with Crippen LogP contribution in [0.25, 0.3) is 0 Å². The maximum atomic E-state index is 13.1. The van der Waals surface area contributed by atoms with E-state index in [0.717, 1.165) is 44.9 Å². The van der Waals surface area contributed by atoms with Gasteiger partial charge in [-0.3, -0.25) is 19.2 Å². The monoisotopic (exact) mass is 644 g/mol. The maximum absolute atomic E-state index is 13.1. The summed E-state index contributed by atoms with van der Waals surface area (Å²) < 4.78 is 27.8. The molecule has 6 saturated carbocycles. The first-order valence-corrected chi connectivity index (χ1v) is 17.6. The Labute approximate surface area is 272 Å². The molecule has 0 amide bonds. The zero-order valence-corrected chi connectivity index (χ0v) is 28.6. The SMILES string of the molecule is CCC(C)(C)C(=O)OC12CC3CC(C1)CC(C(=O)OC1CCOC1=O)(C3)C2.CCC(C)(C)C(=O)OC1C2CC3C1OC(=O)C3C2C. The van der Waals surface area contributed by atoms with Crippen molar-refractivity contribution >= 4 is 29.8 Å². The average Bonchev–Trinajstić information content (AvgIpc) is 3.71. The largest absolute Gasteiger partial charge is 0.463 e.